The summed E-state index contributed by atoms with van der Waals surface area (Å²) in [5, 5.41) is 15.2. The first-order valence-electron chi connectivity index (χ1n) is 7.33. The maximum absolute atomic E-state index is 11.4. The Hall–Kier alpha value is -2.71. The number of hydrogen-bond acceptors (Lipinski definition) is 6. The van der Waals surface area contributed by atoms with Crippen LogP contribution in [-0.4, -0.2) is 21.8 Å². The third-order valence-electron chi connectivity index (χ3n) is 3.68. The van der Waals surface area contributed by atoms with E-state index in [0.717, 1.165) is 27.3 Å². The molecule has 0 radical (unpaired) electrons. The molecule has 2 heterocycles. The molecule has 2 aromatic carbocycles. The van der Waals surface area contributed by atoms with E-state index in [0.29, 0.717) is 5.71 Å². The van der Waals surface area contributed by atoms with Crippen molar-refractivity contribution < 1.29 is 9.72 Å². The highest BCUT2D eigenvalue weighted by molar-refractivity contribution is 8.88. The number of anilines is 1. The van der Waals surface area contributed by atoms with Gasteiger partial charge in [-0.25, -0.2) is 4.41 Å². The SMILES string of the molecule is O=CC1=NN(c2ccc([N+](=O)[O-])cc2)S2=C1C=C(c1ccccc1)S2. The zero-order valence-electron chi connectivity index (χ0n) is 12.7. The van der Waals surface area contributed by atoms with Gasteiger partial charge in [0.05, 0.1) is 15.5 Å². The van der Waals surface area contributed by atoms with Gasteiger partial charge in [0.15, 0.2) is 6.29 Å². The number of benzene rings is 2. The number of aldehydes is 1. The summed E-state index contributed by atoms with van der Waals surface area (Å²) in [5.41, 5.74) is 2.24. The Kier molecular flexibility index (Phi) is 3.98. The van der Waals surface area contributed by atoms with Gasteiger partial charge < -0.3 is 0 Å². The highest BCUT2D eigenvalue weighted by Gasteiger charge is 2.31. The van der Waals surface area contributed by atoms with Crippen molar-refractivity contribution in [3.63, 3.8) is 0 Å². The minimum Gasteiger partial charge on any atom is -0.296 e. The van der Waals surface area contributed by atoms with E-state index in [2.05, 4.69) is 5.10 Å². The quantitative estimate of drug-likeness (QED) is 0.267. The molecule has 8 heteroatoms. The molecule has 4 rings (SSSR count). The fourth-order valence-electron chi connectivity index (χ4n) is 2.47. The van der Waals surface area contributed by atoms with Crippen LogP contribution in [0.25, 0.3) is 4.91 Å². The second kappa shape index (κ2) is 6.30. The Morgan fingerprint density at radius 3 is 2.48 bits per heavy atom. The summed E-state index contributed by atoms with van der Waals surface area (Å²) in [6.07, 6.45) is 2.76. The van der Waals surface area contributed by atoms with E-state index >= 15 is 0 Å². The molecule has 2 aromatic rings. The van der Waals surface area contributed by atoms with E-state index in [1.807, 2.05) is 36.4 Å². The Balaban J connectivity index is 1.68. The van der Waals surface area contributed by atoms with Crippen LogP contribution in [0, 0.1) is 10.1 Å². The normalized spacial score (nSPS) is 18.6. The summed E-state index contributed by atoms with van der Waals surface area (Å²) in [4.78, 5) is 23.8. The van der Waals surface area contributed by atoms with Crippen molar-refractivity contribution in [1.82, 2.24) is 0 Å². The Bertz CT molecular complexity index is 966. The van der Waals surface area contributed by atoms with Gasteiger partial charge in [-0.05, 0) is 34.6 Å². The molecule has 0 fully saturated rings. The number of carbonyl (C=O) groups is 1. The van der Waals surface area contributed by atoms with Crippen molar-refractivity contribution in [2.45, 2.75) is 0 Å². The molecule has 0 bridgehead atoms. The smallest absolute Gasteiger partial charge is 0.269 e. The van der Waals surface area contributed by atoms with Crippen LogP contribution in [0.5, 0.6) is 0 Å². The molecule has 1 atom stereocenters. The first kappa shape index (κ1) is 15.8. The van der Waals surface area contributed by atoms with Crippen LogP contribution in [-0.2, 0) is 4.79 Å². The zero-order valence-corrected chi connectivity index (χ0v) is 14.4. The molecule has 0 saturated carbocycles. The van der Waals surface area contributed by atoms with Crippen molar-refractivity contribution in [2.75, 3.05) is 4.41 Å². The first-order chi connectivity index (χ1) is 12.2. The van der Waals surface area contributed by atoms with Crippen LogP contribution in [0.3, 0.4) is 0 Å². The lowest BCUT2D eigenvalue weighted by Gasteiger charge is -2.18. The topological polar surface area (TPSA) is 75.8 Å². The molecular weight excluding hydrogens is 358 g/mol. The fourth-order valence-corrected chi connectivity index (χ4v) is 6.60. The summed E-state index contributed by atoms with van der Waals surface area (Å²) in [6.45, 7) is 0. The van der Waals surface area contributed by atoms with E-state index in [-0.39, 0.29) is 5.69 Å². The van der Waals surface area contributed by atoms with Crippen molar-refractivity contribution in [3.05, 3.63) is 76.4 Å². The lowest BCUT2D eigenvalue weighted by Crippen LogP contribution is -2.08. The molecule has 2 aliphatic heterocycles. The number of carbonyl (C=O) groups excluding carboxylic acids is 1. The predicted molar refractivity (Wildman–Crippen MR) is 104 cm³/mol. The number of rotatable bonds is 4. The molecule has 0 amide bonds. The Morgan fingerprint density at radius 2 is 1.84 bits per heavy atom. The van der Waals surface area contributed by atoms with Crippen LogP contribution >= 0.6 is 20.5 Å². The molecule has 25 heavy (non-hydrogen) atoms. The molecule has 0 aromatic heterocycles. The summed E-state index contributed by atoms with van der Waals surface area (Å²) < 4.78 is 1.76. The fraction of sp³-hybridized carbons (Fsp3) is 0. The van der Waals surface area contributed by atoms with E-state index in [1.54, 1.807) is 27.3 Å². The molecule has 2 aliphatic rings. The Labute approximate surface area is 149 Å². The van der Waals surface area contributed by atoms with Gasteiger partial charge in [-0.2, -0.15) is 5.10 Å². The molecule has 0 aliphatic carbocycles. The lowest BCUT2D eigenvalue weighted by atomic mass is 10.2. The van der Waals surface area contributed by atoms with E-state index in [9.17, 15) is 14.9 Å². The summed E-state index contributed by atoms with van der Waals surface area (Å²) >= 11 is 0. The average molecular weight is 369 g/mol. The van der Waals surface area contributed by atoms with Gasteiger partial charge in [0.2, 0.25) is 0 Å². The summed E-state index contributed by atoms with van der Waals surface area (Å²) in [7, 11) is 1.17. The van der Waals surface area contributed by atoms with Crippen LogP contribution in [0.1, 0.15) is 5.56 Å². The van der Waals surface area contributed by atoms with Gasteiger partial charge in [-0.1, -0.05) is 30.3 Å². The van der Waals surface area contributed by atoms with E-state index in [1.165, 1.54) is 12.1 Å². The maximum atomic E-state index is 11.4. The number of non-ortho nitro benzene ring substituents is 1. The first-order valence-corrected chi connectivity index (χ1v) is 9.84. The van der Waals surface area contributed by atoms with Crippen LogP contribution in [0.2, 0.25) is 0 Å². The molecule has 6 nitrogen and oxygen atoms in total. The third kappa shape index (κ3) is 2.79. The monoisotopic (exact) mass is 369 g/mol. The third-order valence-corrected chi connectivity index (χ3v) is 7.65. The lowest BCUT2D eigenvalue weighted by molar-refractivity contribution is -0.384. The van der Waals surface area contributed by atoms with E-state index < -0.39 is 14.6 Å². The second-order valence-corrected chi connectivity index (χ2v) is 8.56. The van der Waals surface area contributed by atoms with Crippen LogP contribution in [0.15, 0.2) is 65.8 Å². The number of hydrogen-bond donors (Lipinski definition) is 0. The van der Waals surface area contributed by atoms with E-state index in [4.69, 9.17) is 0 Å². The Morgan fingerprint density at radius 1 is 1.12 bits per heavy atom. The molecular formula is C17H11N3O3S2. The molecule has 0 saturated heterocycles. The standard InChI is InChI=1S/C17H11N3O3S2/c21-11-15-17-10-16(12-4-2-1-3-5-12)24-25(17)19(18-15)13-6-8-14(9-7-13)20(22)23/h1-11H. The summed E-state index contributed by atoms with van der Waals surface area (Å²) in [6, 6.07) is 16.2. The predicted octanol–water partition coefficient (Wildman–Crippen LogP) is 4.03. The highest BCUT2D eigenvalue weighted by atomic mass is 33.1. The minimum absolute atomic E-state index is 0.0252. The van der Waals surface area contributed by atoms with Gasteiger partial charge in [-0.15, -0.1) is 0 Å². The van der Waals surface area contributed by atoms with Crippen molar-refractivity contribution in [3.8, 4) is 0 Å². The summed E-state index contributed by atoms with van der Waals surface area (Å²) in [5.74, 6) is 0. The minimum atomic E-state index is -0.465. The van der Waals surface area contributed by atoms with Crippen molar-refractivity contribution in [1.29, 1.82) is 0 Å². The van der Waals surface area contributed by atoms with Crippen molar-refractivity contribution in [2.24, 2.45) is 5.10 Å². The maximum Gasteiger partial charge on any atom is 0.269 e. The van der Waals surface area contributed by atoms with Crippen LogP contribution < -0.4 is 4.41 Å². The van der Waals surface area contributed by atoms with Crippen LogP contribution in [0.4, 0.5) is 11.4 Å². The zero-order chi connectivity index (χ0) is 17.4. The second-order valence-electron chi connectivity index (χ2n) is 5.22. The van der Waals surface area contributed by atoms with Crippen molar-refractivity contribution >= 4 is 53.6 Å². The molecule has 1 unspecified atom stereocenters. The average Bonchev–Trinajstić information content (AvgIpc) is 3.22. The molecule has 0 spiro atoms. The number of nitrogens with zero attached hydrogens (tertiary/aromatic N) is 3. The largest absolute Gasteiger partial charge is 0.296 e. The highest BCUT2D eigenvalue weighted by Crippen LogP contribution is 2.54. The number of allylic oxidation sites excluding steroid dienone is 1. The number of nitro benzene ring substituents is 1. The van der Waals surface area contributed by atoms with Gasteiger partial charge in [0.1, 0.15) is 5.71 Å². The van der Waals surface area contributed by atoms with Gasteiger partial charge in [0.25, 0.3) is 5.69 Å². The molecule has 124 valence electrons. The number of hydrazone groups is 1. The van der Waals surface area contributed by atoms with Gasteiger partial charge in [0, 0.05) is 26.7 Å². The van der Waals surface area contributed by atoms with Gasteiger partial charge in [-0.3, -0.25) is 14.9 Å². The van der Waals surface area contributed by atoms with Gasteiger partial charge >= 0.3 is 0 Å². The number of nitro groups is 1. The molecule has 0 N–H and O–H groups in total.